The molecule has 0 atom stereocenters. The molecule has 210 valence electrons. The Kier molecular flexibility index (Phi) is 5.12. The van der Waals surface area contributed by atoms with E-state index in [9.17, 15) is 0 Å². The minimum atomic E-state index is 1.09. The van der Waals surface area contributed by atoms with Gasteiger partial charge in [-0.2, -0.15) is 0 Å². The fourth-order valence-electron chi connectivity index (χ4n) is 7.10. The molecular formula is C40H24N4S. The number of para-hydroxylation sites is 2. The van der Waals surface area contributed by atoms with Crippen LogP contribution in [-0.2, 0) is 0 Å². The molecule has 10 rings (SSSR count). The van der Waals surface area contributed by atoms with Crippen molar-refractivity contribution in [2.75, 3.05) is 0 Å². The second kappa shape index (κ2) is 9.36. The van der Waals surface area contributed by atoms with Crippen LogP contribution in [0.3, 0.4) is 0 Å². The molecule has 4 nitrogen and oxygen atoms in total. The zero-order valence-corrected chi connectivity index (χ0v) is 24.9. The first-order valence-electron chi connectivity index (χ1n) is 15.1. The van der Waals surface area contributed by atoms with E-state index < -0.39 is 0 Å². The van der Waals surface area contributed by atoms with E-state index in [0.717, 1.165) is 16.7 Å². The molecule has 10 aromatic rings. The normalized spacial score (nSPS) is 12.0. The van der Waals surface area contributed by atoms with Crippen molar-refractivity contribution in [2.45, 2.75) is 0 Å². The SMILES string of the molecule is c1cc(-c2ccc3sc4cc(-n5c6cnccc6c6ccncc65)ccc4c3c2)cc(-n2c3ccccc3c3ccccc32)c1. The molecule has 0 aliphatic carbocycles. The molecule has 0 aliphatic rings. The van der Waals surface area contributed by atoms with Gasteiger partial charge in [-0.3, -0.25) is 9.97 Å². The third-order valence-corrected chi connectivity index (χ3v) is 10.2. The number of pyridine rings is 2. The van der Waals surface area contributed by atoms with Crippen molar-refractivity contribution in [3.05, 3.63) is 146 Å². The van der Waals surface area contributed by atoms with Crippen LogP contribution in [0.25, 0.3) is 86.3 Å². The van der Waals surface area contributed by atoms with Gasteiger partial charge in [-0.25, -0.2) is 0 Å². The molecule has 0 N–H and O–H groups in total. The van der Waals surface area contributed by atoms with Crippen LogP contribution in [0, 0.1) is 0 Å². The van der Waals surface area contributed by atoms with Gasteiger partial charge in [0.05, 0.1) is 34.5 Å². The quantitative estimate of drug-likeness (QED) is 0.205. The van der Waals surface area contributed by atoms with Gasteiger partial charge in [-0.1, -0.05) is 60.7 Å². The lowest BCUT2D eigenvalue weighted by molar-refractivity contribution is 1.16. The van der Waals surface area contributed by atoms with Gasteiger partial charge in [0.25, 0.3) is 0 Å². The molecule has 5 heteroatoms. The predicted molar refractivity (Wildman–Crippen MR) is 189 cm³/mol. The van der Waals surface area contributed by atoms with Crippen LogP contribution >= 0.6 is 11.3 Å². The van der Waals surface area contributed by atoms with Gasteiger partial charge in [0.15, 0.2) is 0 Å². The zero-order valence-electron chi connectivity index (χ0n) is 24.1. The third-order valence-electron chi connectivity index (χ3n) is 9.10. The van der Waals surface area contributed by atoms with Crippen LogP contribution in [0.1, 0.15) is 0 Å². The van der Waals surface area contributed by atoms with Crippen LogP contribution in [-0.4, -0.2) is 19.1 Å². The van der Waals surface area contributed by atoms with Gasteiger partial charge in [-0.15, -0.1) is 11.3 Å². The molecule has 0 spiro atoms. The molecule has 0 saturated carbocycles. The van der Waals surface area contributed by atoms with Gasteiger partial charge in [-0.05, 0) is 71.8 Å². The zero-order chi connectivity index (χ0) is 29.5. The molecule has 0 amide bonds. The van der Waals surface area contributed by atoms with E-state index in [1.807, 2.05) is 36.1 Å². The van der Waals surface area contributed by atoms with Crippen LogP contribution < -0.4 is 0 Å². The predicted octanol–water partition coefficient (Wildman–Crippen LogP) is 10.7. The Morgan fingerprint density at radius 2 is 1.02 bits per heavy atom. The summed E-state index contributed by atoms with van der Waals surface area (Å²) in [5, 5.41) is 7.48. The lowest BCUT2D eigenvalue weighted by Gasteiger charge is -2.10. The minimum Gasteiger partial charge on any atom is -0.309 e. The fourth-order valence-corrected chi connectivity index (χ4v) is 8.22. The second-order valence-corrected chi connectivity index (χ2v) is 12.6. The number of hydrogen-bond donors (Lipinski definition) is 0. The standard InChI is InChI=1S/C40H24N4S/c1-3-10-35-29(8-1)30-9-2-4-11-36(30)43(35)27-7-5-6-25(20-27)26-12-15-39-34(21-26)33-14-13-28(22-40(33)45-39)44-37-23-41-18-16-31(37)32-17-19-42-24-38(32)44/h1-24H. The Bertz CT molecular complexity index is 2670. The van der Waals surface area contributed by atoms with Crippen molar-refractivity contribution in [1.29, 1.82) is 0 Å². The number of aromatic nitrogens is 4. The highest BCUT2D eigenvalue weighted by atomic mass is 32.1. The van der Waals surface area contributed by atoms with Gasteiger partial charge in [0.1, 0.15) is 0 Å². The first-order valence-corrected chi connectivity index (χ1v) is 15.9. The lowest BCUT2D eigenvalue weighted by atomic mass is 10.0. The molecule has 5 heterocycles. The summed E-state index contributed by atoms with van der Waals surface area (Å²) in [5.41, 5.74) is 9.33. The second-order valence-electron chi connectivity index (χ2n) is 11.5. The van der Waals surface area contributed by atoms with E-state index in [2.05, 4.69) is 140 Å². The molecule has 0 saturated heterocycles. The highest BCUT2D eigenvalue weighted by molar-refractivity contribution is 7.25. The summed E-state index contributed by atoms with van der Waals surface area (Å²) in [6, 6.07) is 44.1. The van der Waals surface area contributed by atoms with Crippen LogP contribution in [0.5, 0.6) is 0 Å². The number of benzene rings is 5. The van der Waals surface area contributed by atoms with Crippen LogP contribution in [0.15, 0.2) is 146 Å². The van der Waals surface area contributed by atoms with Crippen molar-refractivity contribution in [1.82, 2.24) is 19.1 Å². The van der Waals surface area contributed by atoms with Crippen molar-refractivity contribution >= 4 is 75.1 Å². The third kappa shape index (κ3) is 3.59. The largest absolute Gasteiger partial charge is 0.309 e. The first-order chi connectivity index (χ1) is 22.3. The maximum Gasteiger partial charge on any atom is 0.0725 e. The van der Waals surface area contributed by atoms with Gasteiger partial charge < -0.3 is 9.13 Å². The average molecular weight is 593 g/mol. The Morgan fingerprint density at radius 3 is 1.76 bits per heavy atom. The van der Waals surface area contributed by atoms with E-state index in [1.165, 1.54) is 69.6 Å². The molecule has 0 unspecified atom stereocenters. The number of rotatable bonds is 3. The van der Waals surface area contributed by atoms with E-state index in [1.54, 1.807) is 0 Å². The number of nitrogens with zero attached hydrogens (tertiary/aromatic N) is 4. The maximum atomic E-state index is 4.44. The summed E-state index contributed by atoms with van der Waals surface area (Å²) in [6.45, 7) is 0. The monoisotopic (exact) mass is 592 g/mol. The minimum absolute atomic E-state index is 1.09. The molecule has 0 radical (unpaired) electrons. The average Bonchev–Trinajstić information content (AvgIpc) is 3.75. The molecule has 5 aromatic carbocycles. The molecule has 0 bridgehead atoms. The van der Waals surface area contributed by atoms with Crippen molar-refractivity contribution in [2.24, 2.45) is 0 Å². The fraction of sp³-hybridized carbons (Fsp3) is 0. The molecule has 45 heavy (non-hydrogen) atoms. The molecule has 0 aliphatic heterocycles. The summed E-state index contributed by atoms with van der Waals surface area (Å²) in [4.78, 5) is 8.88. The van der Waals surface area contributed by atoms with E-state index >= 15 is 0 Å². The Balaban J connectivity index is 1.11. The Hall–Kier alpha value is -5.78. The number of hydrogen-bond acceptors (Lipinski definition) is 3. The molecule has 5 aromatic heterocycles. The van der Waals surface area contributed by atoms with Gasteiger partial charge in [0.2, 0.25) is 0 Å². The van der Waals surface area contributed by atoms with E-state index in [0.29, 0.717) is 0 Å². The van der Waals surface area contributed by atoms with E-state index in [-0.39, 0.29) is 0 Å². The van der Waals surface area contributed by atoms with Gasteiger partial charge >= 0.3 is 0 Å². The van der Waals surface area contributed by atoms with Crippen molar-refractivity contribution < 1.29 is 0 Å². The molecular weight excluding hydrogens is 569 g/mol. The van der Waals surface area contributed by atoms with Crippen LogP contribution in [0.2, 0.25) is 0 Å². The Morgan fingerprint density at radius 1 is 0.400 bits per heavy atom. The number of thiophene rings is 1. The number of fused-ring (bicyclic) bond motifs is 9. The Labute approximate surface area is 262 Å². The summed E-state index contributed by atoms with van der Waals surface area (Å²) >= 11 is 1.84. The summed E-state index contributed by atoms with van der Waals surface area (Å²) in [5.74, 6) is 0. The summed E-state index contributed by atoms with van der Waals surface area (Å²) < 4.78 is 7.21. The van der Waals surface area contributed by atoms with Crippen molar-refractivity contribution in [3.8, 4) is 22.5 Å². The van der Waals surface area contributed by atoms with Crippen molar-refractivity contribution in [3.63, 3.8) is 0 Å². The smallest absolute Gasteiger partial charge is 0.0725 e. The first kappa shape index (κ1) is 24.6. The van der Waals surface area contributed by atoms with Crippen LogP contribution in [0.4, 0.5) is 0 Å². The maximum absolute atomic E-state index is 4.44. The summed E-state index contributed by atoms with van der Waals surface area (Å²) in [6.07, 6.45) is 7.62. The van der Waals surface area contributed by atoms with Gasteiger partial charge in [0, 0.05) is 65.5 Å². The highest BCUT2D eigenvalue weighted by Crippen LogP contribution is 2.40. The summed E-state index contributed by atoms with van der Waals surface area (Å²) in [7, 11) is 0. The lowest BCUT2D eigenvalue weighted by Crippen LogP contribution is -1.94. The van der Waals surface area contributed by atoms with E-state index in [4.69, 9.17) is 0 Å². The molecule has 0 fully saturated rings. The highest BCUT2D eigenvalue weighted by Gasteiger charge is 2.15. The topological polar surface area (TPSA) is 35.6 Å².